The normalized spacial score (nSPS) is 13.6. The molecule has 0 saturated heterocycles. The average molecular weight is 343 g/mol. The summed E-state index contributed by atoms with van der Waals surface area (Å²) in [5.41, 5.74) is 0.554. The van der Waals surface area contributed by atoms with Gasteiger partial charge in [-0.1, -0.05) is 32.9 Å². The average Bonchev–Trinajstić information content (AvgIpc) is 2.42. The Bertz CT molecular complexity index is 636. The zero-order valence-electron chi connectivity index (χ0n) is 14.2. The van der Waals surface area contributed by atoms with Gasteiger partial charge in [-0.15, -0.1) is 6.58 Å². The molecule has 0 aliphatic rings. The summed E-state index contributed by atoms with van der Waals surface area (Å²) in [6, 6.07) is 3.92. The monoisotopic (exact) mass is 343 g/mol. The van der Waals surface area contributed by atoms with Gasteiger partial charge in [0.05, 0.1) is 12.4 Å². The van der Waals surface area contributed by atoms with E-state index in [1.807, 2.05) is 20.8 Å². The quantitative estimate of drug-likeness (QED) is 0.730. The van der Waals surface area contributed by atoms with Crippen molar-refractivity contribution in [1.82, 2.24) is 4.72 Å². The highest BCUT2D eigenvalue weighted by Gasteiger charge is 2.18. The molecule has 1 aromatic rings. The molecule has 0 bridgehead atoms. The molecule has 23 heavy (non-hydrogen) atoms. The highest BCUT2D eigenvalue weighted by Crippen LogP contribution is 2.25. The van der Waals surface area contributed by atoms with Gasteiger partial charge in [0, 0.05) is 6.04 Å². The molecule has 1 N–H and O–H groups in total. The Kier molecular flexibility index (Phi) is 6.77. The zero-order chi connectivity index (χ0) is 17.7. The fourth-order valence-corrected chi connectivity index (χ4v) is 3.10. The van der Waals surface area contributed by atoms with Gasteiger partial charge in [-0.05, 0) is 36.5 Å². The molecular formula is C17H26FNO3S. The van der Waals surface area contributed by atoms with E-state index in [1.54, 1.807) is 25.1 Å². The fraction of sp³-hybridized carbons (Fsp3) is 0.529. The van der Waals surface area contributed by atoms with Crippen LogP contribution in [0.2, 0.25) is 0 Å². The molecule has 0 heterocycles. The van der Waals surface area contributed by atoms with E-state index < -0.39 is 21.9 Å². The van der Waals surface area contributed by atoms with Crippen LogP contribution in [0, 0.1) is 11.2 Å². The van der Waals surface area contributed by atoms with Crippen LogP contribution in [0.1, 0.15) is 45.7 Å². The number of halogens is 1. The van der Waals surface area contributed by atoms with Gasteiger partial charge < -0.3 is 4.74 Å². The summed E-state index contributed by atoms with van der Waals surface area (Å²) in [5.74, 6) is -0.343. The van der Waals surface area contributed by atoms with E-state index in [4.69, 9.17) is 4.74 Å². The number of nitrogens with one attached hydrogen (secondary N) is 1. The van der Waals surface area contributed by atoms with Crippen molar-refractivity contribution in [2.24, 2.45) is 5.41 Å². The van der Waals surface area contributed by atoms with Crippen molar-refractivity contribution in [2.75, 3.05) is 12.4 Å². The predicted octanol–water partition coefficient (Wildman–Crippen LogP) is 3.81. The number of allylic oxidation sites excluding steroid dienone is 1. The first-order chi connectivity index (χ1) is 10.5. The molecule has 0 amide bonds. The van der Waals surface area contributed by atoms with E-state index in [1.165, 1.54) is 6.07 Å². The minimum Gasteiger partial charge on any atom is -0.490 e. The summed E-state index contributed by atoms with van der Waals surface area (Å²) in [7, 11) is -3.41. The third-order valence-corrected chi connectivity index (χ3v) is 4.55. The lowest BCUT2D eigenvalue weighted by atomic mass is 9.98. The highest BCUT2D eigenvalue weighted by atomic mass is 32.2. The first-order valence-electron chi connectivity index (χ1n) is 7.57. The molecule has 0 fully saturated rings. The lowest BCUT2D eigenvalue weighted by Gasteiger charge is -2.20. The second kappa shape index (κ2) is 7.93. The van der Waals surface area contributed by atoms with Gasteiger partial charge in [0.25, 0.3) is 0 Å². The van der Waals surface area contributed by atoms with Gasteiger partial charge in [-0.3, -0.25) is 0 Å². The SMILES string of the molecule is C=CCCS(=O)(=O)NC(C)c1ccc(F)c(OCC(C)(C)C)c1. The lowest BCUT2D eigenvalue weighted by Crippen LogP contribution is -2.29. The summed E-state index contributed by atoms with van der Waals surface area (Å²) < 4.78 is 45.8. The second-order valence-electron chi connectivity index (χ2n) is 6.77. The van der Waals surface area contributed by atoms with Crippen LogP contribution in [0.25, 0.3) is 0 Å². The number of sulfonamides is 1. The lowest BCUT2D eigenvalue weighted by molar-refractivity contribution is 0.191. The van der Waals surface area contributed by atoms with E-state index >= 15 is 0 Å². The van der Waals surface area contributed by atoms with Gasteiger partial charge in [-0.2, -0.15) is 0 Å². The maximum atomic E-state index is 13.8. The van der Waals surface area contributed by atoms with E-state index in [0.29, 0.717) is 18.6 Å². The molecule has 1 unspecified atom stereocenters. The molecule has 1 aromatic carbocycles. The van der Waals surface area contributed by atoms with Crippen molar-refractivity contribution >= 4 is 10.0 Å². The van der Waals surface area contributed by atoms with Gasteiger partial charge in [0.15, 0.2) is 11.6 Å². The van der Waals surface area contributed by atoms with E-state index in [-0.39, 0.29) is 16.9 Å². The third-order valence-electron chi connectivity index (χ3n) is 3.06. The third kappa shape index (κ3) is 7.14. The Morgan fingerprint density at radius 3 is 2.61 bits per heavy atom. The highest BCUT2D eigenvalue weighted by molar-refractivity contribution is 7.89. The fourth-order valence-electron chi connectivity index (χ4n) is 1.83. The Balaban J connectivity index is 2.85. The van der Waals surface area contributed by atoms with Crippen molar-refractivity contribution in [2.45, 2.75) is 40.2 Å². The number of hydrogen-bond donors (Lipinski definition) is 1. The molecule has 0 saturated carbocycles. The number of hydrogen-bond acceptors (Lipinski definition) is 3. The van der Waals surface area contributed by atoms with Crippen LogP contribution < -0.4 is 9.46 Å². The van der Waals surface area contributed by atoms with Gasteiger partial charge >= 0.3 is 0 Å². The molecule has 1 rings (SSSR count). The van der Waals surface area contributed by atoms with Gasteiger partial charge in [0.2, 0.25) is 10.0 Å². The largest absolute Gasteiger partial charge is 0.490 e. The molecule has 1 atom stereocenters. The van der Waals surface area contributed by atoms with E-state index in [0.717, 1.165) is 0 Å². The number of ether oxygens (including phenoxy) is 1. The summed E-state index contributed by atoms with van der Waals surface area (Å²) in [5, 5.41) is 0. The summed E-state index contributed by atoms with van der Waals surface area (Å²) in [4.78, 5) is 0. The molecular weight excluding hydrogens is 317 g/mol. The second-order valence-corrected chi connectivity index (χ2v) is 8.65. The van der Waals surface area contributed by atoms with Crippen molar-refractivity contribution in [3.05, 3.63) is 42.2 Å². The predicted molar refractivity (Wildman–Crippen MR) is 91.5 cm³/mol. The van der Waals surface area contributed by atoms with Crippen LogP contribution in [0.3, 0.4) is 0 Å². The van der Waals surface area contributed by atoms with E-state index in [2.05, 4.69) is 11.3 Å². The van der Waals surface area contributed by atoms with Gasteiger partial charge in [-0.25, -0.2) is 17.5 Å². The molecule has 0 aliphatic heterocycles. The Labute approximate surface area is 138 Å². The molecule has 130 valence electrons. The van der Waals surface area contributed by atoms with Crippen LogP contribution in [0.4, 0.5) is 4.39 Å². The minimum atomic E-state index is -3.41. The minimum absolute atomic E-state index is 0.0184. The molecule has 0 radical (unpaired) electrons. The van der Waals surface area contributed by atoms with Crippen molar-refractivity contribution < 1.29 is 17.5 Å². The van der Waals surface area contributed by atoms with E-state index in [9.17, 15) is 12.8 Å². The molecule has 6 heteroatoms. The molecule has 0 aromatic heterocycles. The topological polar surface area (TPSA) is 55.4 Å². The molecule has 0 spiro atoms. The number of rotatable bonds is 8. The Morgan fingerprint density at radius 1 is 1.39 bits per heavy atom. The van der Waals surface area contributed by atoms with Crippen molar-refractivity contribution in [3.8, 4) is 5.75 Å². The van der Waals surface area contributed by atoms with Crippen molar-refractivity contribution in [1.29, 1.82) is 0 Å². The van der Waals surface area contributed by atoms with Gasteiger partial charge in [0.1, 0.15) is 0 Å². The maximum Gasteiger partial charge on any atom is 0.212 e. The van der Waals surface area contributed by atoms with Crippen LogP contribution >= 0.6 is 0 Å². The molecule has 4 nitrogen and oxygen atoms in total. The first kappa shape index (κ1) is 19.6. The Morgan fingerprint density at radius 2 is 2.04 bits per heavy atom. The number of benzene rings is 1. The van der Waals surface area contributed by atoms with Crippen LogP contribution in [0.15, 0.2) is 30.9 Å². The zero-order valence-corrected chi connectivity index (χ0v) is 15.0. The maximum absolute atomic E-state index is 13.8. The molecule has 0 aliphatic carbocycles. The van der Waals surface area contributed by atoms with Crippen molar-refractivity contribution in [3.63, 3.8) is 0 Å². The standard InChI is InChI=1S/C17H26FNO3S/c1-6-7-10-23(20,21)19-13(2)14-8-9-15(18)16(11-14)22-12-17(3,4)5/h6,8-9,11,13,19H,1,7,10,12H2,2-5H3. The first-order valence-corrected chi connectivity index (χ1v) is 9.22. The summed E-state index contributed by atoms with van der Waals surface area (Å²) in [6.07, 6.45) is 1.94. The summed E-state index contributed by atoms with van der Waals surface area (Å²) >= 11 is 0. The van der Waals surface area contributed by atoms with Crippen LogP contribution in [-0.2, 0) is 10.0 Å². The smallest absolute Gasteiger partial charge is 0.212 e. The Hall–Kier alpha value is -1.40. The van der Waals surface area contributed by atoms with Crippen LogP contribution in [-0.4, -0.2) is 20.8 Å². The summed E-state index contributed by atoms with van der Waals surface area (Å²) in [6.45, 7) is 11.6. The van der Waals surface area contributed by atoms with Crippen LogP contribution in [0.5, 0.6) is 5.75 Å².